The van der Waals surface area contributed by atoms with Crippen LogP contribution < -0.4 is 32.9 Å². The van der Waals surface area contributed by atoms with Crippen LogP contribution in [0, 0.1) is 0 Å². The van der Waals surface area contributed by atoms with Crippen LogP contribution in [-0.2, 0) is 12.8 Å². The van der Waals surface area contributed by atoms with E-state index in [9.17, 15) is 5.11 Å². The number of aliphatic hydroxyl groups is 1. The van der Waals surface area contributed by atoms with Gasteiger partial charge in [-0.05, 0) is 77.6 Å². The van der Waals surface area contributed by atoms with Crippen molar-refractivity contribution in [2.45, 2.75) is 12.8 Å². The third-order valence-electron chi connectivity index (χ3n) is 6.01. The van der Waals surface area contributed by atoms with Crippen LogP contribution >= 0.6 is 23.2 Å². The monoisotopic (exact) mass is 666 g/mol. The molecule has 0 fully saturated rings. The number of alkyl halides is 1. The van der Waals surface area contributed by atoms with Crippen LogP contribution in [0.25, 0.3) is 0 Å². The Morgan fingerprint density at radius 1 is 0.513 bits per heavy atom. The zero-order chi connectivity index (χ0) is 27.2. The molecule has 39 heavy (non-hydrogen) atoms. The van der Waals surface area contributed by atoms with Gasteiger partial charge in [-0.25, -0.2) is 0 Å². The molecule has 0 radical (unpaired) electrons. The molecule has 6 heteroatoms. The first kappa shape index (κ1) is 32.3. The number of benzene rings is 5. The Labute approximate surface area is 251 Å². The lowest BCUT2D eigenvalue weighted by molar-refractivity contribution is -0.0000105. The fourth-order valence-electron chi connectivity index (χ4n) is 4.35. The van der Waals surface area contributed by atoms with Crippen molar-refractivity contribution in [2.24, 2.45) is 0 Å². The minimum atomic E-state index is -1.91. The minimum Gasteiger partial charge on any atom is -1.00 e. The maximum absolute atomic E-state index is 10.0. The molecule has 0 unspecified atom stereocenters. The molecule has 5 aromatic carbocycles. The highest BCUT2D eigenvalue weighted by Gasteiger charge is 2.45. The lowest BCUT2D eigenvalue weighted by Crippen LogP contribution is -3.00. The van der Waals surface area contributed by atoms with Crippen LogP contribution in [0.4, 0.5) is 0 Å². The summed E-state index contributed by atoms with van der Waals surface area (Å²) in [6, 6.07) is 46.6. The molecule has 3 nitrogen and oxygen atoms in total. The van der Waals surface area contributed by atoms with Crippen molar-refractivity contribution in [3.63, 3.8) is 0 Å². The Bertz CT molecular complexity index is 1270. The van der Waals surface area contributed by atoms with E-state index in [1.807, 2.05) is 18.0 Å². The van der Waals surface area contributed by atoms with Gasteiger partial charge in [0.2, 0.25) is 0 Å². The molecule has 3 N–H and O–H groups in total. The molecule has 0 aromatic heterocycles. The van der Waals surface area contributed by atoms with Crippen LogP contribution in [0.5, 0.6) is 11.5 Å². The number of phenols is 2. The SMILES string of the molecule is CBr.OCc1cccc(O)c1.Oc1cccc(C[P+](c2ccccc2)(c2ccccc2)c2ccccc2)c1.[Br-]. The highest BCUT2D eigenvalue weighted by atomic mass is 79.9. The van der Waals surface area contributed by atoms with Crippen molar-refractivity contribution in [2.75, 3.05) is 5.83 Å². The molecular formula is C33H33Br2O3P. The molecule has 0 heterocycles. The van der Waals surface area contributed by atoms with Crippen molar-refractivity contribution in [3.05, 3.63) is 151 Å². The Hall–Kier alpha value is -2.95. The van der Waals surface area contributed by atoms with E-state index in [-0.39, 0.29) is 29.3 Å². The van der Waals surface area contributed by atoms with E-state index in [0.29, 0.717) is 5.75 Å². The third-order valence-corrected chi connectivity index (χ3v) is 10.4. The standard InChI is InChI=1S/C25H21OP.C7H8O2.CH3Br.BrH/c26-22-12-10-11-21(19-22)20-27(23-13-4-1-5-14-23,24-15-6-2-7-16-24)25-17-8-3-9-18-25;8-5-6-2-1-3-7(9)4-6;1-2;/h1-19H,20H2;1-4,8-9H,5H2;1H3;1H. The van der Waals surface area contributed by atoms with E-state index >= 15 is 0 Å². The highest BCUT2D eigenvalue weighted by Crippen LogP contribution is 2.58. The molecule has 0 atom stereocenters. The molecule has 5 aromatic rings. The maximum atomic E-state index is 10.0. The van der Waals surface area contributed by atoms with E-state index in [0.717, 1.165) is 17.3 Å². The molecular weight excluding hydrogens is 635 g/mol. The fourth-order valence-corrected chi connectivity index (χ4v) is 8.58. The molecule has 0 saturated carbocycles. The molecule has 5 rings (SSSR count). The molecule has 0 spiro atoms. The summed E-state index contributed by atoms with van der Waals surface area (Å²) < 4.78 is 0. The maximum Gasteiger partial charge on any atom is 0.116 e. The summed E-state index contributed by atoms with van der Waals surface area (Å²) in [5, 5.41) is 31.5. The van der Waals surface area contributed by atoms with Crippen LogP contribution in [0.15, 0.2) is 140 Å². The van der Waals surface area contributed by atoms with Gasteiger partial charge in [0, 0.05) is 0 Å². The van der Waals surface area contributed by atoms with Gasteiger partial charge < -0.3 is 32.3 Å². The summed E-state index contributed by atoms with van der Waals surface area (Å²) in [7, 11) is -1.91. The van der Waals surface area contributed by atoms with E-state index in [1.165, 1.54) is 22.0 Å². The predicted molar refractivity (Wildman–Crippen MR) is 166 cm³/mol. The number of rotatable bonds is 6. The van der Waals surface area contributed by atoms with Gasteiger partial charge in [0.05, 0.1) is 12.8 Å². The molecule has 0 aliphatic heterocycles. The molecule has 0 aliphatic carbocycles. The molecule has 202 valence electrons. The lowest BCUT2D eigenvalue weighted by atomic mass is 10.2. The van der Waals surface area contributed by atoms with Gasteiger partial charge in [-0.1, -0.05) is 94.8 Å². The van der Waals surface area contributed by atoms with Crippen molar-refractivity contribution < 1.29 is 32.3 Å². The van der Waals surface area contributed by atoms with Crippen LogP contribution in [0.2, 0.25) is 0 Å². The number of hydrogen-bond acceptors (Lipinski definition) is 3. The van der Waals surface area contributed by atoms with Gasteiger partial charge in [0.15, 0.2) is 0 Å². The summed E-state index contributed by atoms with van der Waals surface area (Å²) in [6.07, 6.45) is 0.874. The zero-order valence-electron chi connectivity index (χ0n) is 21.7. The number of aromatic hydroxyl groups is 2. The first-order chi connectivity index (χ1) is 18.6. The zero-order valence-corrected chi connectivity index (χ0v) is 25.8. The molecule has 0 saturated heterocycles. The second-order valence-corrected chi connectivity index (χ2v) is 12.0. The van der Waals surface area contributed by atoms with Gasteiger partial charge in [-0.3, -0.25) is 0 Å². The summed E-state index contributed by atoms with van der Waals surface area (Å²) in [4.78, 5) is 0. The quantitative estimate of drug-likeness (QED) is 0.191. The summed E-state index contributed by atoms with van der Waals surface area (Å²) in [5.41, 5.74) is 1.88. The lowest BCUT2D eigenvalue weighted by Gasteiger charge is -2.27. The van der Waals surface area contributed by atoms with Crippen LogP contribution in [0.1, 0.15) is 11.1 Å². The van der Waals surface area contributed by atoms with E-state index < -0.39 is 7.26 Å². The Kier molecular flexibility index (Phi) is 14.0. The third kappa shape index (κ3) is 8.78. The largest absolute Gasteiger partial charge is 1.00 e. The molecule has 0 aliphatic rings. The van der Waals surface area contributed by atoms with Crippen molar-refractivity contribution >= 4 is 39.1 Å². The average Bonchev–Trinajstić information content (AvgIpc) is 2.99. The normalized spacial score (nSPS) is 10.1. The van der Waals surface area contributed by atoms with Crippen molar-refractivity contribution in [1.82, 2.24) is 0 Å². The van der Waals surface area contributed by atoms with Crippen LogP contribution in [-0.4, -0.2) is 21.2 Å². The minimum absolute atomic E-state index is 0. The topological polar surface area (TPSA) is 60.7 Å². The first-order valence-corrected chi connectivity index (χ1v) is 15.8. The number of hydrogen-bond donors (Lipinski definition) is 3. The van der Waals surface area contributed by atoms with E-state index in [4.69, 9.17) is 10.2 Å². The number of phenolic OH excluding ortho intramolecular Hbond substituents is 2. The van der Waals surface area contributed by atoms with Gasteiger partial charge in [0.25, 0.3) is 0 Å². The van der Waals surface area contributed by atoms with E-state index in [1.54, 1.807) is 24.3 Å². The first-order valence-electron chi connectivity index (χ1n) is 12.2. The summed E-state index contributed by atoms with van der Waals surface area (Å²) >= 11 is 2.94. The van der Waals surface area contributed by atoms with Crippen LogP contribution in [0.3, 0.4) is 0 Å². The van der Waals surface area contributed by atoms with Gasteiger partial charge in [-0.15, -0.1) is 0 Å². The van der Waals surface area contributed by atoms with Gasteiger partial charge in [0.1, 0.15) is 34.7 Å². The summed E-state index contributed by atoms with van der Waals surface area (Å²) in [6.45, 7) is -0.0194. The predicted octanol–water partition coefficient (Wildman–Crippen LogP) is 3.79. The van der Waals surface area contributed by atoms with E-state index in [2.05, 4.69) is 113 Å². The molecule has 0 bridgehead atoms. The number of aliphatic hydroxyl groups excluding tert-OH is 1. The fraction of sp³-hybridized carbons (Fsp3) is 0.0909. The summed E-state index contributed by atoms with van der Waals surface area (Å²) in [5.74, 6) is 2.33. The smallest absolute Gasteiger partial charge is 0.116 e. The van der Waals surface area contributed by atoms with Gasteiger partial charge in [-0.2, -0.15) is 0 Å². The number of halogens is 2. The van der Waals surface area contributed by atoms with Crippen molar-refractivity contribution in [1.29, 1.82) is 0 Å². The second-order valence-electron chi connectivity index (χ2n) is 8.47. The average molecular weight is 668 g/mol. The Balaban J connectivity index is 0.000000377. The van der Waals surface area contributed by atoms with Gasteiger partial charge >= 0.3 is 0 Å². The van der Waals surface area contributed by atoms with Crippen molar-refractivity contribution in [3.8, 4) is 11.5 Å². The molecule has 0 amide bonds. The Morgan fingerprint density at radius 3 is 1.21 bits per heavy atom. The highest BCUT2D eigenvalue weighted by molar-refractivity contribution is 9.08. The second kappa shape index (κ2) is 16.9. The Morgan fingerprint density at radius 2 is 0.872 bits per heavy atom.